The topological polar surface area (TPSA) is 49.3 Å². The number of rotatable bonds is 5. The largest absolute Gasteiger partial charge is 0.331 e. The quantitative estimate of drug-likeness (QED) is 0.669. The highest BCUT2D eigenvalue weighted by atomic mass is 32.1. The number of hydrogen-bond acceptors (Lipinski definition) is 4. The van der Waals surface area contributed by atoms with E-state index in [1.807, 2.05) is 47.5 Å². The van der Waals surface area contributed by atoms with Gasteiger partial charge in [0.2, 0.25) is 0 Å². The molecule has 7 rings (SSSR count). The van der Waals surface area contributed by atoms with Crippen LogP contribution in [-0.2, 0) is 17.8 Å². The summed E-state index contributed by atoms with van der Waals surface area (Å²) in [6, 6.07) is 11.5. The first-order valence-corrected chi connectivity index (χ1v) is 12.0. The monoisotopic (exact) mass is 432 g/mol. The van der Waals surface area contributed by atoms with Gasteiger partial charge in [0.15, 0.2) is 5.11 Å². The van der Waals surface area contributed by atoms with E-state index in [9.17, 15) is 4.79 Å². The highest BCUT2D eigenvalue weighted by molar-refractivity contribution is 7.80. The van der Waals surface area contributed by atoms with Gasteiger partial charge in [-0.15, -0.1) is 0 Å². The summed E-state index contributed by atoms with van der Waals surface area (Å²) in [5.74, 6) is 2.50. The second kappa shape index (κ2) is 7.37. The molecule has 160 valence electrons. The third kappa shape index (κ3) is 3.27. The molecule has 5 fully saturated rings. The maximum absolute atomic E-state index is 13.8. The Morgan fingerprint density at radius 1 is 0.903 bits per heavy atom. The third-order valence-electron chi connectivity index (χ3n) is 7.99. The minimum absolute atomic E-state index is 0.0415. The highest BCUT2D eigenvalue weighted by Crippen LogP contribution is 2.59. The summed E-state index contributed by atoms with van der Waals surface area (Å²) in [7, 11) is 0. The Kier molecular flexibility index (Phi) is 4.60. The van der Waals surface area contributed by atoms with E-state index in [1.54, 1.807) is 6.20 Å². The zero-order valence-electron chi connectivity index (χ0n) is 17.7. The van der Waals surface area contributed by atoms with Gasteiger partial charge in [-0.2, -0.15) is 0 Å². The second-order valence-corrected chi connectivity index (χ2v) is 10.4. The molecule has 0 spiro atoms. The number of thiocarbonyl (C=S) groups is 1. The Balaban J connectivity index is 1.37. The van der Waals surface area contributed by atoms with Crippen molar-refractivity contribution in [1.82, 2.24) is 19.8 Å². The molecule has 4 aliphatic carbocycles. The summed E-state index contributed by atoms with van der Waals surface area (Å²) in [5.41, 5.74) is 1.88. The van der Waals surface area contributed by atoms with Gasteiger partial charge in [0.25, 0.3) is 5.91 Å². The number of pyridine rings is 2. The summed E-state index contributed by atoms with van der Waals surface area (Å²) in [6.45, 7) is 0.445. The first-order chi connectivity index (χ1) is 15.1. The van der Waals surface area contributed by atoms with E-state index >= 15 is 0 Å². The Morgan fingerprint density at radius 3 is 2.03 bits per heavy atom. The van der Waals surface area contributed by atoms with Crippen molar-refractivity contribution in [2.24, 2.45) is 17.8 Å². The lowest BCUT2D eigenvalue weighted by Crippen LogP contribution is -2.63. The van der Waals surface area contributed by atoms with Crippen LogP contribution in [0.2, 0.25) is 0 Å². The summed E-state index contributed by atoms with van der Waals surface area (Å²) in [6.07, 6.45) is 11.9. The Morgan fingerprint density at radius 2 is 1.48 bits per heavy atom. The summed E-state index contributed by atoms with van der Waals surface area (Å²) >= 11 is 6.05. The van der Waals surface area contributed by atoms with Gasteiger partial charge in [-0.3, -0.25) is 19.7 Å². The van der Waals surface area contributed by atoms with Crippen molar-refractivity contribution in [2.45, 2.75) is 63.1 Å². The highest BCUT2D eigenvalue weighted by Gasteiger charge is 2.59. The van der Waals surface area contributed by atoms with Gasteiger partial charge in [-0.1, -0.05) is 12.1 Å². The molecule has 1 unspecified atom stereocenters. The smallest absolute Gasteiger partial charge is 0.252 e. The van der Waals surface area contributed by atoms with Gasteiger partial charge in [0, 0.05) is 30.0 Å². The van der Waals surface area contributed by atoms with E-state index in [0.29, 0.717) is 18.1 Å². The van der Waals surface area contributed by atoms with Crippen LogP contribution in [0.1, 0.15) is 49.9 Å². The maximum atomic E-state index is 13.8. The number of aromatic nitrogens is 2. The lowest BCUT2D eigenvalue weighted by molar-refractivity contribution is -0.131. The van der Waals surface area contributed by atoms with Crippen molar-refractivity contribution in [3.8, 4) is 0 Å². The molecule has 0 radical (unpaired) electrons. The molecule has 1 aliphatic heterocycles. The van der Waals surface area contributed by atoms with Crippen LogP contribution in [0.15, 0.2) is 48.8 Å². The zero-order chi connectivity index (χ0) is 21.0. The predicted molar refractivity (Wildman–Crippen MR) is 122 cm³/mol. The van der Waals surface area contributed by atoms with E-state index in [1.165, 1.54) is 38.5 Å². The Hall–Kier alpha value is -2.34. The van der Waals surface area contributed by atoms with Gasteiger partial charge in [-0.05, 0) is 92.8 Å². The molecule has 6 heteroatoms. The number of amides is 1. The molecule has 0 N–H and O–H groups in total. The van der Waals surface area contributed by atoms with E-state index in [-0.39, 0.29) is 17.5 Å². The number of carbonyl (C=O) groups is 1. The molecule has 1 atom stereocenters. The molecule has 2 aromatic heterocycles. The van der Waals surface area contributed by atoms with Crippen molar-refractivity contribution in [3.05, 3.63) is 60.2 Å². The lowest BCUT2D eigenvalue weighted by Gasteiger charge is -2.60. The maximum Gasteiger partial charge on any atom is 0.252 e. The van der Waals surface area contributed by atoms with Crippen molar-refractivity contribution < 1.29 is 4.79 Å². The van der Waals surface area contributed by atoms with E-state index < -0.39 is 0 Å². The summed E-state index contributed by atoms with van der Waals surface area (Å²) in [5, 5.41) is 0.707. The lowest BCUT2D eigenvalue weighted by atomic mass is 9.52. The molecule has 4 bridgehead atoms. The van der Waals surface area contributed by atoms with Crippen LogP contribution in [0.3, 0.4) is 0 Å². The molecule has 3 heterocycles. The van der Waals surface area contributed by atoms with Crippen LogP contribution in [0.4, 0.5) is 0 Å². The predicted octanol–water partition coefficient (Wildman–Crippen LogP) is 3.99. The molecular formula is C25H28N4OS. The fourth-order valence-electron chi connectivity index (χ4n) is 7.24. The fourth-order valence-corrected chi connectivity index (χ4v) is 7.71. The molecule has 31 heavy (non-hydrogen) atoms. The molecule has 2 aromatic rings. The van der Waals surface area contributed by atoms with Crippen LogP contribution < -0.4 is 0 Å². The molecule has 1 saturated heterocycles. The average molecular weight is 433 g/mol. The number of nitrogens with zero attached hydrogens (tertiary/aromatic N) is 4. The van der Waals surface area contributed by atoms with Gasteiger partial charge < -0.3 is 4.90 Å². The van der Waals surface area contributed by atoms with Crippen LogP contribution in [0.25, 0.3) is 0 Å². The van der Waals surface area contributed by atoms with Crippen molar-refractivity contribution in [1.29, 1.82) is 0 Å². The standard InChI is InChI=1S/C25H28N4OS/c30-23-22(12-20-5-1-3-7-26-20)29(24(31)28(23)16-21-6-2-4-8-27-21)25-13-17-9-18(14-25)11-19(10-17)15-25/h1-8,17-19,22H,9-16H2. The molecule has 5 aliphatic rings. The van der Waals surface area contributed by atoms with E-state index in [4.69, 9.17) is 12.2 Å². The first-order valence-electron chi connectivity index (χ1n) is 11.6. The second-order valence-electron chi connectivity index (χ2n) is 10.1. The van der Waals surface area contributed by atoms with Crippen LogP contribution >= 0.6 is 12.2 Å². The van der Waals surface area contributed by atoms with Gasteiger partial charge in [-0.25, -0.2) is 0 Å². The van der Waals surface area contributed by atoms with Crippen molar-refractivity contribution >= 4 is 23.2 Å². The van der Waals surface area contributed by atoms with E-state index in [2.05, 4.69) is 14.9 Å². The Bertz CT molecular complexity index is 960. The van der Waals surface area contributed by atoms with Crippen molar-refractivity contribution in [3.63, 3.8) is 0 Å². The first kappa shape index (κ1) is 19.4. The summed E-state index contributed by atoms with van der Waals surface area (Å²) < 4.78 is 0. The molecular weight excluding hydrogens is 404 g/mol. The summed E-state index contributed by atoms with van der Waals surface area (Å²) in [4.78, 5) is 27.0. The zero-order valence-corrected chi connectivity index (χ0v) is 18.5. The van der Waals surface area contributed by atoms with Gasteiger partial charge >= 0.3 is 0 Å². The average Bonchev–Trinajstić information content (AvgIpc) is 2.99. The molecule has 0 aromatic carbocycles. The number of carbonyl (C=O) groups excluding carboxylic acids is 1. The van der Waals surface area contributed by atoms with E-state index in [0.717, 1.165) is 29.1 Å². The van der Waals surface area contributed by atoms with Crippen LogP contribution in [-0.4, -0.2) is 42.4 Å². The molecule has 1 amide bonds. The minimum Gasteiger partial charge on any atom is -0.331 e. The normalized spacial score (nSPS) is 34.1. The Labute approximate surface area is 188 Å². The molecule has 5 nitrogen and oxygen atoms in total. The number of hydrogen-bond donors (Lipinski definition) is 0. The van der Waals surface area contributed by atoms with Gasteiger partial charge in [0.05, 0.1) is 12.2 Å². The van der Waals surface area contributed by atoms with Gasteiger partial charge in [0.1, 0.15) is 6.04 Å². The van der Waals surface area contributed by atoms with Crippen LogP contribution in [0, 0.1) is 17.8 Å². The fraction of sp³-hybridized carbons (Fsp3) is 0.520. The van der Waals surface area contributed by atoms with Crippen LogP contribution in [0.5, 0.6) is 0 Å². The minimum atomic E-state index is -0.262. The molecule has 4 saturated carbocycles. The van der Waals surface area contributed by atoms with Crippen molar-refractivity contribution in [2.75, 3.05) is 0 Å². The third-order valence-corrected chi connectivity index (χ3v) is 8.41. The SMILES string of the molecule is O=C1C(Cc2ccccn2)N(C23CC4CC(CC(C4)C2)C3)C(=S)N1Cc1ccccn1.